The van der Waals surface area contributed by atoms with E-state index < -0.39 is 10.0 Å². The van der Waals surface area contributed by atoms with Crippen LogP contribution >= 0.6 is 11.6 Å². The maximum absolute atomic E-state index is 12.3. The van der Waals surface area contributed by atoms with E-state index in [0.717, 1.165) is 11.3 Å². The topological polar surface area (TPSA) is 55.4 Å². The number of ether oxygens (including phenoxy) is 1. The molecule has 0 spiro atoms. The predicted molar refractivity (Wildman–Crippen MR) is 93.2 cm³/mol. The first-order valence-electron chi connectivity index (χ1n) is 7.37. The quantitative estimate of drug-likeness (QED) is 0.820. The van der Waals surface area contributed by atoms with Crippen LogP contribution in [-0.2, 0) is 15.8 Å². The molecule has 0 unspecified atom stereocenters. The van der Waals surface area contributed by atoms with E-state index in [4.69, 9.17) is 16.3 Å². The van der Waals surface area contributed by atoms with Crippen LogP contribution < -0.4 is 9.46 Å². The maximum atomic E-state index is 12.3. The predicted octanol–water partition coefficient (Wildman–Crippen LogP) is 3.92. The second kappa shape index (κ2) is 7.81. The zero-order chi connectivity index (χ0) is 16.9. The summed E-state index contributed by atoms with van der Waals surface area (Å²) in [7, 11) is -3.46. The second-order valence-corrected chi connectivity index (χ2v) is 7.42. The molecule has 4 nitrogen and oxygen atoms in total. The smallest absolute Gasteiger partial charge is 0.216 e. The van der Waals surface area contributed by atoms with Gasteiger partial charge in [-0.2, -0.15) is 0 Å². The van der Waals surface area contributed by atoms with Gasteiger partial charge in [-0.05, 0) is 49.2 Å². The average molecular weight is 354 g/mol. The van der Waals surface area contributed by atoms with Crippen LogP contribution in [0.2, 0.25) is 5.02 Å². The monoisotopic (exact) mass is 353 g/mol. The summed E-state index contributed by atoms with van der Waals surface area (Å²) in [5.74, 6) is 0.666. The standard InChI is InChI=1S/C17H20ClNO3S/c1-3-22-17-9-7-15(8-10-17)13(2)19-23(20,21)12-14-5-4-6-16(18)11-14/h4-11,13,19H,3,12H2,1-2H3/t13-/m0/s1. The average Bonchev–Trinajstić information content (AvgIpc) is 2.47. The first-order chi connectivity index (χ1) is 10.9. The van der Waals surface area contributed by atoms with Crippen LogP contribution in [0.3, 0.4) is 0 Å². The molecule has 0 radical (unpaired) electrons. The van der Waals surface area contributed by atoms with Crippen LogP contribution in [0.1, 0.15) is 31.0 Å². The van der Waals surface area contributed by atoms with Crippen molar-refractivity contribution in [1.82, 2.24) is 4.72 Å². The van der Waals surface area contributed by atoms with E-state index in [1.54, 1.807) is 24.3 Å². The molecule has 0 bridgehead atoms. The molecule has 1 N–H and O–H groups in total. The van der Waals surface area contributed by atoms with E-state index in [0.29, 0.717) is 17.2 Å². The van der Waals surface area contributed by atoms with Crippen LogP contribution in [0.25, 0.3) is 0 Å². The van der Waals surface area contributed by atoms with E-state index in [-0.39, 0.29) is 11.8 Å². The minimum absolute atomic E-state index is 0.102. The Morgan fingerprint density at radius 1 is 1.17 bits per heavy atom. The van der Waals surface area contributed by atoms with Gasteiger partial charge in [0, 0.05) is 11.1 Å². The molecule has 0 saturated carbocycles. The number of nitrogens with one attached hydrogen (secondary N) is 1. The summed E-state index contributed by atoms with van der Waals surface area (Å²) in [6.07, 6.45) is 0. The van der Waals surface area contributed by atoms with Crippen molar-refractivity contribution in [1.29, 1.82) is 0 Å². The number of halogens is 1. The van der Waals surface area contributed by atoms with Gasteiger partial charge >= 0.3 is 0 Å². The van der Waals surface area contributed by atoms with Gasteiger partial charge in [0.15, 0.2) is 0 Å². The normalized spacial score (nSPS) is 12.8. The molecule has 2 aromatic rings. The summed E-state index contributed by atoms with van der Waals surface area (Å²) < 4.78 is 32.6. The zero-order valence-corrected chi connectivity index (χ0v) is 14.7. The van der Waals surface area contributed by atoms with Gasteiger partial charge in [-0.25, -0.2) is 13.1 Å². The third-order valence-electron chi connectivity index (χ3n) is 3.29. The molecule has 2 aromatic carbocycles. The minimum Gasteiger partial charge on any atom is -0.494 e. The summed E-state index contributed by atoms with van der Waals surface area (Å²) >= 11 is 5.89. The first-order valence-corrected chi connectivity index (χ1v) is 9.40. The lowest BCUT2D eigenvalue weighted by Gasteiger charge is -2.15. The SMILES string of the molecule is CCOc1ccc([C@H](C)NS(=O)(=O)Cc2cccc(Cl)c2)cc1. The summed E-state index contributed by atoms with van der Waals surface area (Å²) in [4.78, 5) is 0. The molecule has 2 rings (SSSR count). The number of benzene rings is 2. The molecule has 0 amide bonds. The number of hydrogen-bond acceptors (Lipinski definition) is 3. The highest BCUT2D eigenvalue weighted by molar-refractivity contribution is 7.88. The molecule has 0 aliphatic rings. The van der Waals surface area contributed by atoms with E-state index in [9.17, 15) is 8.42 Å². The van der Waals surface area contributed by atoms with Crippen LogP contribution in [-0.4, -0.2) is 15.0 Å². The molecule has 6 heteroatoms. The number of sulfonamides is 1. The third kappa shape index (κ3) is 5.53. The highest BCUT2D eigenvalue weighted by atomic mass is 35.5. The fraction of sp³-hybridized carbons (Fsp3) is 0.294. The van der Waals surface area contributed by atoms with Crippen molar-refractivity contribution < 1.29 is 13.2 Å². The molecular formula is C17H20ClNO3S. The van der Waals surface area contributed by atoms with Gasteiger partial charge < -0.3 is 4.74 Å². The number of rotatable bonds is 7. The summed E-state index contributed by atoms with van der Waals surface area (Å²) in [5.41, 5.74) is 1.53. The highest BCUT2D eigenvalue weighted by Crippen LogP contribution is 2.19. The molecule has 1 atom stereocenters. The molecule has 0 aromatic heterocycles. The Balaban J connectivity index is 2.04. The second-order valence-electron chi connectivity index (χ2n) is 5.23. The Kier molecular flexibility index (Phi) is 6.04. The lowest BCUT2D eigenvalue weighted by atomic mass is 10.1. The van der Waals surface area contributed by atoms with Gasteiger partial charge in [0.05, 0.1) is 12.4 Å². The largest absolute Gasteiger partial charge is 0.494 e. The Morgan fingerprint density at radius 3 is 2.48 bits per heavy atom. The lowest BCUT2D eigenvalue weighted by molar-refractivity contribution is 0.340. The fourth-order valence-corrected chi connectivity index (χ4v) is 3.83. The van der Waals surface area contributed by atoms with Crippen molar-refractivity contribution >= 4 is 21.6 Å². The van der Waals surface area contributed by atoms with Gasteiger partial charge in [-0.1, -0.05) is 35.9 Å². The molecule has 23 heavy (non-hydrogen) atoms. The molecule has 0 fully saturated rings. The Morgan fingerprint density at radius 2 is 1.87 bits per heavy atom. The Hall–Kier alpha value is -1.56. The lowest BCUT2D eigenvalue weighted by Crippen LogP contribution is -2.28. The van der Waals surface area contributed by atoms with Gasteiger partial charge in [0.25, 0.3) is 0 Å². The molecule has 124 valence electrons. The van der Waals surface area contributed by atoms with E-state index in [1.165, 1.54) is 0 Å². The Bertz CT molecular complexity index is 745. The summed E-state index contributed by atoms with van der Waals surface area (Å²) in [6, 6.07) is 13.9. The van der Waals surface area contributed by atoms with Gasteiger partial charge in [0.1, 0.15) is 5.75 Å². The van der Waals surface area contributed by atoms with E-state index >= 15 is 0 Å². The van der Waals surface area contributed by atoms with Crippen molar-refractivity contribution in [3.05, 3.63) is 64.7 Å². The zero-order valence-electron chi connectivity index (χ0n) is 13.1. The van der Waals surface area contributed by atoms with Crippen LogP contribution in [0.5, 0.6) is 5.75 Å². The minimum atomic E-state index is -3.46. The van der Waals surface area contributed by atoms with Crippen molar-refractivity contribution in [2.75, 3.05) is 6.61 Å². The van der Waals surface area contributed by atoms with Gasteiger partial charge in [0.2, 0.25) is 10.0 Å². The molecule has 0 aliphatic heterocycles. The van der Waals surface area contributed by atoms with E-state index in [2.05, 4.69) is 4.72 Å². The van der Waals surface area contributed by atoms with Crippen LogP contribution in [0.4, 0.5) is 0 Å². The fourth-order valence-electron chi connectivity index (χ4n) is 2.24. The van der Waals surface area contributed by atoms with Crippen LogP contribution in [0.15, 0.2) is 48.5 Å². The number of hydrogen-bond donors (Lipinski definition) is 1. The molecule has 0 heterocycles. The molecule has 0 saturated heterocycles. The summed E-state index contributed by atoms with van der Waals surface area (Å²) in [6.45, 7) is 4.33. The third-order valence-corrected chi connectivity index (χ3v) is 4.95. The molecule has 0 aliphatic carbocycles. The van der Waals surface area contributed by atoms with Crippen molar-refractivity contribution in [3.8, 4) is 5.75 Å². The summed E-state index contributed by atoms with van der Waals surface area (Å²) in [5, 5.41) is 0.525. The maximum Gasteiger partial charge on any atom is 0.216 e. The van der Waals surface area contributed by atoms with Crippen molar-refractivity contribution in [2.45, 2.75) is 25.6 Å². The van der Waals surface area contributed by atoms with E-state index in [1.807, 2.05) is 38.1 Å². The van der Waals surface area contributed by atoms with Gasteiger partial charge in [-0.15, -0.1) is 0 Å². The Labute approximate surface area is 142 Å². The van der Waals surface area contributed by atoms with Crippen LogP contribution in [0, 0.1) is 0 Å². The van der Waals surface area contributed by atoms with Gasteiger partial charge in [-0.3, -0.25) is 0 Å². The van der Waals surface area contributed by atoms with Crippen molar-refractivity contribution in [3.63, 3.8) is 0 Å². The van der Waals surface area contributed by atoms with Crippen molar-refractivity contribution in [2.24, 2.45) is 0 Å². The highest BCUT2D eigenvalue weighted by Gasteiger charge is 2.16. The molecular weight excluding hydrogens is 334 g/mol. The first kappa shape index (κ1) is 17.8.